The van der Waals surface area contributed by atoms with Crippen LogP contribution in [0.4, 0.5) is 0 Å². The first-order valence-corrected chi connectivity index (χ1v) is 7.89. The molecule has 1 aromatic rings. The van der Waals surface area contributed by atoms with Crippen LogP contribution in [0.25, 0.3) is 0 Å². The van der Waals surface area contributed by atoms with Gasteiger partial charge in [-0.3, -0.25) is 4.79 Å². The summed E-state index contributed by atoms with van der Waals surface area (Å²) in [6.07, 6.45) is 2.70. The SMILES string of the molecule is CCCc1cc(C(=O)NC(C)(C)CC(C)(C)C)cc(Cl)n1. The standard InChI is InChI=1S/C17H27ClN2O/c1-7-8-13-9-12(10-14(18)19-13)15(21)20-17(5,6)11-16(2,3)4/h9-10H,7-8,11H2,1-6H3,(H,20,21). The molecule has 1 aromatic heterocycles. The van der Waals surface area contributed by atoms with Gasteiger partial charge in [-0.1, -0.05) is 45.7 Å². The molecule has 21 heavy (non-hydrogen) atoms. The fourth-order valence-corrected chi connectivity index (χ4v) is 3.04. The largest absolute Gasteiger partial charge is 0.347 e. The number of hydrogen-bond acceptors (Lipinski definition) is 2. The zero-order chi connectivity index (χ0) is 16.3. The third-order valence-electron chi connectivity index (χ3n) is 3.04. The van der Waals surface area contributed by atoms with Gasteiger partial charge in [-0.25, -0.2) is 4.98 Å². The van der Waals surface area contributed by atoms with Gasteiger partial charge in [-0.2, -0.15) is 0 Å². The molecule has 0 spiro atoms. The number of pyridine rings is 1. The highest BCUT2D eigenvalue weighted by Gasteiger charge is 2.27. The number of nitrogens with one attached hydrogen (secondary N) is 1. The lowest BCUT2D eigenvalue weighted by Gasteiger charge is -2.33. The molecule has 0 aliphatic rings. The van der Waals surface area contributed by atoms with E-state index in [1.54, 1.807) is 6.07 Å². The van der Waals surface area contributed by atoms with E-state index < -0.39 is 0 Å². The molecule has 0 bridgehead atoms. The molecule has 0 atom stereocenters. The Morgan fingerprint density at radius 1 is 1.24 bits per heavy atom. The molecule has 0 radical (unpaired) electrons. The van der Waals surface area contributed by atoms with Gasteiger partial charge in [0, 0.05) is 16.8 Å². The Labute approximate surface area is 133 Å². The van der Waals surface area contributed by atoms with Crippen molar-refractivity contribution in [3.63, 3.8) is 0 Å². The van der Waals surface area contributed by atoms with Gasteiger partial charge in [-0.15, -0.1) is 0 Å². The van der Waals surface area contributed by atoms with Gasteiger partial charge in [0.2, 0.25) is 0 Å². The predicted octanol–water partition coefficient (Wildman–Crippen LogP) is 4.63. The molecule has 1 N–H and O–H groups in total. The van der Waals surface area contributed by atoms with E-state index in [0.717, 1.165) is 25.0 Å². The minimum absolute atomic E-state index is 0.0918. The van der Waals surface area contributed by atoms with E-state index in [4.69, 9.17) is 11.6 Å². The van der Waals surface area contributed by atoms with Gasteiger partial charge in [0.1, 0.15) is 5.15 Å². The number of carbonyl (C=O) groups excluding carboxylic acids is 1. The molecule has 1 heterocycles. The molecule has 0 saturated carbocycles. The highest BCUT2D eigenvalue weighted by atomic mass is 35.5. The summed E-state index contributed by atoms with van der Waals surface area (Å²) < 4.78 is 0. The van der Waals surface area contributed by atoms with E-state index in [0.29, 0.717) is 10.7 Å². The fourth-order valence-electron chi connectivity index (χ4n) is 2.82. The van der Waals surface area contributed by atoms with Crippen LogP contribution in [0, 0.1) is 5.41 Å². The maximum atomic E-state index is 12.5. The zero-order valence-corrected chi connectivity index (χ0v) is 14.8. The number of hydrogen-bond donors (Lipinski definition) is 1. The summed E-state index contributed by atoms with van der Waals surface area (Å²) in [7, 11) is 0. The van der Waals surface area contributed by atoms with E-state index >= 15 is 0 Å². The minimum atomic E-state index is -0.268. The van der Waals surface area contributed by atoms with Crippen molar-refractivity contribution < 1.29 is 4.79 Å². The smallest absolute Gasteiger partial charge is 0.251 e. The highest BCUT2D eigenvalue weighted by molar-refractivity contribution is 6.29. The first-order chi connectivity index (χ1) is 9.52. The molecule has 0 aromatic carbocycles. The highest BCUT2D eigenvalue weighted by Crippen LogP contribution is 2.27. The summed E-state index contributed by atoms with van der Waals surface area (Å²) in [6.45, 7) is 12.7. The topological polar surface area (TPSA) is 42.0 Å². The summed E-state index contributed by atoms with van der Waals surface area (Å²) in [5, 5.41) is 3.48. The lowest BCUT2D eigenvalue weighted by atomic mass is 9.81. The van der Waals surface area contributed by atoms with Gasteiger partial charge in [0.05, 0.1) is 0 Å². The second-order valence-corrected chi connectivity index (χ2v) is 7.88. The average molecular weight is 311 g/mol. The second-order valence-electron chi connectivity index (χ2n) is 7.50. The summed E-state index contributed by atoms with van der Waals surface area (Å²) >= 11 is 6.02. The van der Waals surface area contributed by atoms with E-state index in [9.17, 15) is 4.79 Å². The summed E-state index contributed by atoms with van der Waals surface area (Å²) in [5.74, 6) is -0.0918. The predicted molar refractivity (Wildman–Crippen MR) is 88.9 cm³/mol. The van der Waals surface area contributed by atoms with Crippen LogP contribution < -0.4 is 5.32 Å². The van der Waals surface area contributed by atoms with Crippen LogP contribution in [0.2, 0.25) is 5.15 Å². The number of rotatable bonds is 5. The maximum Gasteiger partial charge on any atom is 0.251 e. The first kappa shape index (κ1) is 18.0. The van der Waals surface area contributed by atoms with Crippen LogP contribution in [0.5, 0.6) is 0 Å². The summed E-state index contributed by atoms with van der Waals surface area (Å²) in [6, 6.07) is 3.46. The summed E-state index contributed by atoms with van der Waals surface area (Å²) in [4.78, 5) is 16.7. The van der Waals surface area contributed by atoms with Crippen molar-refractivity contribution in [2.45, 2.75) is 66.3 Å². The molecule has 4 heteroatoms. The molecule has 1 amide bonds. The van der Waals surface area contributed by atoms with Gasteiger partial charge in [-0.05, 0) is 44.2 Å². The minimum Gasteiger partial charge on any atom is -0.347 e. The molecule has 0 aliphatic carbocycles. The van der Waals surface area contributed by atoms with Crippen molar-refractivity contribution in [1.29, 1.82) is 0 Å². The number of aryl methyl sites for hydroxylation is 1. The van der Waals surface area contributed by atoms with Gasteiger partial charge in [0.15, 0.2) is 0 Å². The summed E-state index contributed by atoms with van der Waals surface area (Å²) in [5.41, 5.74) is 1.33. The first-order valence-electron chi connectivity index (χ1n) is 7.51. The normalized spacial score (nSPS) is 12.3. The van der Waals surface area contributed by atoms with Crippen LogP contribution in [-0.4, -0.2) is 16.4 Å². The lowest BCUT2D eigenvalue weighted by molar-refractivity contribution is 0.0891. The molecular formula is C17H27ClN2O. The molecule has 118 valence electrons. The Balaban J connectivity index is 2.89. The van der Waals surface area contributed by atoms with E-state index in [1.165, 1.54) is 0 Å². The Bertz CT molecular complexity index is 504. The van der Waals surface area contributed by atoms with Crippen LogP contribution in [0.1, 0.15) is 70.4 Å². The van der Waals surface area contributed by atoms with Crippen LogP contribution in [0.15, 0.2) is 12.1 Å². The van der Waals surface area contributed by atoms with Crippen molar-refractivity contribution >= 4 is 17.5 Å². The monoisotopic (exact) mass is 310 g/mol. The third kappa shape index (κ3) is 6.47. The van der Waals surface area contributed by atoms with Crippen molar-refractivity contribution in [1.82, 2.24) is 10.3 Å². The zero-order valence-electron chi connectivity index (χ0n) is 14.0. The van der Waals surface area contributed by atoms with E-state index in [2.05, 4.69) is 38.0 Å². The van der Waals surface area contributed by atoms with Crippen molar-refractivity contribution in [3.05, 3.63) is 28.5 Å². The number of amides is 1. The van der Waals surface area contributed by atoms with Crippen molar-refractivity contribution in [2.75, 3.05) is 0 Å². The number of halogens is 1. The van der Waals surface area contributed by atoms with Crippen molar-refractivity contribution in [3.8, 4) is 0 Å². The fraction of sp³-hybridized carbons (Fsp3) is 0.647. The average Bonchev–Trinajstić information content (AvgIpc) is 2.24. The van der Waals surface area contributed by atoms with Crippen LogP contribution in [-0.2, 0) is 6.42 Å². The van der Waals surface area contributed by atoms with Crippen molar-refractivity contribution in [2.24, 2.45) is 5.41 Å². The molecule has 0 unspecified atom stereocenters. The van der Waals surface area contributed by atoms with Gasteiger partial charge < -0.3 is 5.32 Å². The van der Waals surface area contributed by atoms with Gasteiger partial charge >= 0.3 is 0 Å². The third-order valence-corrected chi connectivity index (χ3v) is 3.23. The van der Waals surface area contributed by atoms with Crippen LogP contribution in [0.3, 0.4) is 0 Å². The molecule has 0 fully saturated rings. The van der Waals surface area contributed by atoms with E-state index in [-0.39, 0.29) is 16.9 Å². The second kappa shape index (κ2) is 6.78. The number of nitrogens with zero attached hydrogens (tertiary/aromatic N) is 1. The number of carbonyl (C=O) groups is 1. The molecule has 0 saturated heterocycles. The molecule has 1 rings (SSSR count). The Morgan fingerprint density at radius 3 is 2.38 bits per heavy atom. The Morgan fingerprint density at radius 2 is 1.86 bits per heavy atom. The van der Waals surface area contributed by atoms with Crippen LogP contribution >= 0.6 is 11.6 Å². The van der Waals surface area contributed by atoms with Gasteiger partial charge in [0.25, 0.3) is 5.91 Å². The van der Waals surface area contributed by atoms with E-state index in [1.807, 2.05) is 19.9 Å². The Kier molecular flexibility index (Phi) is 5.80. The maximum absolute atomic E-state index is 12.5. The molecule has 3 nitrogen and oxygen atoms in total. The molecular weight excluding hydrogens is 284 g/mol. The molecule has 0 aliphatic heterocycles. The lowest BCUT2D eigenvalue weighted by Crippen LogP contribution is -2.45. The number of aromatic nitrogens is 1. The Hall–Kier alpha value is -1.09. The quantitative estimate of drug-likeness (QED) is 0.805.